The smallest absolute Gasteiger partial charge is 0.222 e. The van der Waals surface area contributed by atoms with Crippen LogP contribution < -0.4 is 15.8 Å². The maximum atomic E-state index is 11.3. The molecule has 0 unspecified atom stereocenters. The topological polar surface area (TPSA) is 110 Å². The van der Waals surface area contributed by atoms with Crippen molar-refractivity contribution < 1.29 is 8.42 Å². The molecule has 0 fully saturated rings. The maximum Gasteiger partial charge on any atom is 0.222 e. The van der Waals surface area contributed by atoms with E-state index in [-0.39, 0.29) is 18.2 Å². The van der Waals surface area contributed by atoms with Crippen molar-refractivity contribution in [2.24, 2.45) is 0 Å². The number of sulfonamides is 1. The summed E-state index contributed by atoms with van der Waals surface area (Å²) in [4.78, 5) is 7.54. The summed E-state index contributed by atoms with van der Waals surface area (Å²) in [5.41, 5.74) is 5.38. The van der Waals surface area contributed by atoms with Crippen molar-refractivity contribution in [2.75, 3.05) is 29.9 Å². The second-order valence-corrected chi connectivity index (χ2v) is 5.50. The summed E-state index contributed by atoms with van der Waals surface area (Å²) in [5, 5.41) is 3.08. The fourth-order valence-corrected chi connectivity index (χ4v) is 2.21. The van der Waals surface area contributed by atoms with Crippen molar-refractivity contribution in [3.63, 3.8) is 0 Å². The molecule has 0 aromatic carbocycles. The largest absolute Gasteiger partial charge is 0.368 e. The minimum Gasteiger partial charge on any atom is -0.368 e. The van der Waals surface area contributed by atoms with E-state index >= 15 is 0 Å². The van der Waals surface area contributed by atoms with E-state index in [0.717, 1.165) is 0 Å². The molecule has 0 atom stereocenters. The summed E-state index contributed by atoms with van der Waals surface area (Å²) >= 11 is 5.80. The lowest BCUT2D eigenvalue weighted by Crippen LogP contribution is -2.29. The molecule has 17 heavy (non-hydrogen) atoms. The van der Waals surface area contributed by atoms with Gasteiger partial charge in [-0.1, -0.05) is 18.5 Å². The number of nitrogens with two attached hydrogens (primary N) is 1. The molecule has 0 radical (unpaired) electrons. The SMILES string of the molecule is CCNS(=O)(=O)CCNc1nc(N)ncc1Cl. The van der Waals surface area contributed by atoms with E-state index in [0.29, 0.717) is 17.4 Å². The van der Waals surface area contributed by atoms with Crippen LogP contribution in [-0.4, -0.2) is 37.2 Å². The van der Waals surface area contributed by atoms with Crippen LogP contribution in [0.4, 0.5) is 11.8 Å². The lowest BCUT2D eigenvalue weighted by molar-refractivity contribution is 0.584. The lowest BCUT2D eigenvalue weighted by Gasteiger charge is -2.08. The van der Waals surface area contributed by atoms with Gasteiger partial charge in [0, 0.05) is 13.1 Å². The molecule has 9 heteroatoms. The molecule has 7 nitrogen and oxygen atoms in total. The second-order valence-electron chi connectivity index (χ2n) is 3.17. The molecule has 0 aliphatic rings. The van der Waals surface area contributed by atoms with Crippen LogP contribution in [0, 0.1) is 0 Å². The number of nitrogens with zero attached hydrogens (tertiary/aromatic N) is 2. The van der Waals surface area contributed by atoms with E-state index in [4.69, 9.17) is 17.3 Å². The highest BCUT2D eigenvalue weighted by Gasteiger charge is 2.09. The zero-order valence-electron chi connectivity index (χ0n) is 9.27. The number of halogens is 1. The zero-order chi connectivity index (χ0) is 12.9. The van der Waals surface area contributed by atoms with Gasteiger partial charge < -0.3 is 11.1 Å². The molecule has 0 aliphatic heterocycles. The number of nitrogens with one attached hydrogen (secondary N) is 2. The molecule has 4 N–H and O–H groups in total. The van der Waals surface area contributed by atoms with Crippen LogP contribution >= 0.6 is 11.6 Å². The third-order valence-corrected chi connectivity index (χ3v) is 3.54. The maximum absolute atomic E-state index is 11.3. The minimum atomic E-state index is -3.26. The van der Waals surface area contributed by atoms with E-state index in [2.05, 4.69) is 20.0 Å². The first-order valence-electron chi connectivity index (χ1n) is 4.94. The minimum absolute atomic E-state index is 0.0684. The molecule has 1 heterocycles. The van der Waals surface area contributed by atoms with Gasteiger partial charge in [-0.3, -0.25) is 0 Å². The third kappa shape index (κ3) is 4.72. The first-order chi connectivity index (χ1) is 7.94. The van der Waals surface area contributed by atoms with Crippen LogP contribution in [0.15, 0.2) is 6.20 Å². The van der Waals surface area contributed by atoms with Crippen molar-refractivity contribution in [3.8, 4) is 0 Å². The molecule has 1 aromatic heterocycles. The molecule has 96 valence electrons. The molecule has 1 rings (SSSR count). The van der Waals surface area contributed by atoms with E-state index in [1.54, 1.807) is 6.92 Å². The van der Waals surface area contributed by atoms with Gasteiger partial charge in [-0.25, -0.2) is 18.1 Å². The highest BCUT2D eigenvalue weighted by molar-refractivity contribution is 7.89. The Hall–Kier alpha value is -1.12. The first-order valence-corrected chi connectivity index (χ1v) is 6.97. The number of anilines is 2. The monoisotopic (exact) mass is 279 g/mol. The van der Waals surface area contributed by atoms with Crippen LogP contribution in [0.1, 0.15) is 6.92 Å². The van der Waals surface area contributed by atoms with Gasteiger partial charge >= 0.3 is 0 Å². The first kappa shape index (κ1) is 13.9. The van der Waals surface area contributed by atoms with Gasteiger partial charge in [0.25, 0.3) is 0 Å². The van der Waals surface area contributed by atoms with Gasteiger partial charge in [0.15, 0.2) is 5.82 Å². The summed E-state index contributed by atoms with van der Waals surface area (Å²) in [5.74, 6) is 0.332. The van der Waals surface area contributed by atoms with Gasteiger partial charge in [0.2, 0.25) is 16.0 Å². The highest BCUT2D eigenvalue weighted by atomic mass is 35.5. The summed E-state index contributed by atoms with van der Waals surface area (Å²) in [6.45, 7) is 2.27. The van der Waals surface area contributed by atoms with Gasteiger partial charge in [0.05, 0.1) is 11.9 Å². The molecule has 0 bridgehead atoms. The predicted octanol–water partition coefficient (Wildman–Crippen LogP) is 0.0634. The predicted molar refractivity (Wildman–Crippen MR) is 67.4 cm³/mol. The Morgan fingerprint density at radius 2 is 2.24 bits per heavy atom. The Kier molecular flexibility index (Phi) is 4.91. The second kappa shape index (κ2) is 5.99. The molecule has 0 amide bonds. The normalized spacial score (nSPS) is 11.4. The van der Waals surface area contributed by atoms with Crippen molar-refractivity contribution in [1.82, 2.24) is 14.7 Å². The van der Waals surface area contributed by atoms with Crippen LogP contribution in [0.2, 0.25) is 5.02 Å². The Bertz CT molecular complexity index is 479. The lowest BCUT2D eigenvalue weighted by atomic mass is 10.5. The van der Waals surface area contributed by atoms with Crippen LogP contribution in [0.5, 0.6) is 0 Å². The van der Waals surface area contributed by atoms with Crippen molar-refractivity contribution >= 4 is 33.4 Å². The molecule has 0 saturated carbocycles. The summed E-state index contributed by atoms with van der Waals surface area (Å²) < 4.78 is 25.0. The molecule has 0 aliphatic carbocycles. The van der Waals surface area contributed by atoms with Crippen LogP contribution in [0.3, 0.4) is 0 Å². The standard InChI is InChI=1S/C8H14ClN5O2S/c1-2-13-17(15,16)4-3-11-7-6(9)5-12-8(10)14-7/h5,13H,2-4H2,1H3,(H3,10,11,12,14). The number of hydrogen-bond acceptors (Lipinski definition) is 6. The van der Waals surface area contributed by atoms with Gasteiger partial charge in [-0.05, 0) is 0 Å². The van der Waals surface area contributed by atoms with Crippen molar-refractivity contribution in [1.29, 1.82) is 0 Å². The Labute approximate surface area is 105 Å². The van der Waals surface area contributed by atoms with Gasteiger partial charge in [-0.15, -0.1) is 0 Å². The number of nitrogen functional groups attached to an aromatic ring is 1. The van der Waals surface area contributed by atoms with E-state index in [1.807, 2.05) is 0 Å². The third-order valence-electron chi connectivity index (χ3n) is 1.79. The zero-order valence-corrected chi connectivity index (χ0v) is 10.8. The summed E-state index contributed by atoms with van der Waals surface area (Å²) in [6, 6.07) is 0. The molecule has 1 aromatic rings. The van der Waals surface area contributed by atoms with Gasteiger partial charge in [0.1, 0.15) is 5.02 Å². The summed E-state index contributed by atoms with van der Waals surface area (Å²) in [7, 11) is -3.26. The average molecular weight is 280 g/mol. The number of rotatable bonds is 6. The number of hydrogen-bond donors (Lipinski definition) is 3. The van der Waals surface area contributed by atoms with Crippen molar-refractivity contribution in [2.45, 2.75) is 6.92 Å². The fraction of sp³-hybridized carbons (Fsp3) is 0.500. The molecular weight excluding hydrogens is 266 g/mol. The Morgan fingerprint density at radius 3 is 2.88 bits per heavy atom. The summed E-state index contributed by atoms with van der Waals surface area (Å²) in [6.07, 6.45) is 1.35. The molecule has 0 saturated heterocycles. The van der Waals surface area contributed by atoms with Gasteiger partial charge in [-0.2, -0.15) is 4.98 Å². The molecular formula is C8H14ClN5O2S. The number of aromatic nitrogens is 2. The quantitative estimate of drug-likeness (QED) is 0.679. The van der Waals surface area contributed by atoms with Crippen LogP contribution in [0.25, 0.3) is 0 Å². The Balaban J connectivity index is 2.54. The van der Waals surface area contributed by atoms with E-state index < -0.39 is 10.0 Å². The molecule has 0 spiro atoms. The Morgan fingerprint density at radius 1 is 1.53 bits per heavy atom. The van der Waals surface area contributed by atoms with E-state index in [1.165, 1.54) is 6.20 Å². The van der Waals surface area contributed by atoms with Crippen molar-refractivity contribution in [3.05, 3.63) is 11.2 Å². The highest BCUT2D eigenvalue weighted by Crippen LogP contribution is 2.17. The average Bonchev–Trinajstić information content (AvgIpc) is 2.23. The van der Waals surface area contributed by atoms with Crippen LogP contribution in [-0.2, 0) is 10.0 Å². The van der Waals surface area contributed by atoms with E-state index in [9.17, 15) is 8.42 Å². The fourth-order valence-electron chi connectivity index (χ4n) is 1.10.